The number of benzene rings is 1. The normalized spacial score (nSPS) is 13.6. The SMILES string of the molecule is Cn1ccc(-c2ccc3nc(C(C(=O)NCCS(N)(=O)=O)S(=O)(=O)CCC(F)(F)F)sc3c2)cc1=O. The largest absolute Gasteiger partial charge is 0.390 e. The Kier molecular flexibility index (Phi) is 7.92. The highest BCUT2D eigenvalue weighted by Gasteiger charge is 2.40. The van der Waals surface area contributed by atoms with E-state index in [2.05, 4.69) is 10.3 Å². The van der Waals surface area contributed by atoms with E-state index in [0.717, 1.165) is 11.3 Å². The summed E-state index contributed by atoms with van der Waals surface area (Å²) < 4.78 is 87.9. The van der Waals surface area contributed by atoms with Gasteiger partial charge in [0.2, 0.25) is 15.9 Å². The Morgan fingerprint density at radius 1 is 1.14 bits per heavy atom. The monoisotopic (exact) mass is 566 g/mol. The van der Waals surface area contributed by atoms with Crippen LogP contribution in [0, 0.1) is 0 Å². The fraction of sp³-hybridized carbons (Fsp3) is 0.350. The second-order valence-corrected chi connectivity index (χ2v) is 12.9. The lowest BCUT2D eigenvalue weighted by atomic mass is 10.1. The topological polar surface area (TPSA) is 158 Å². The Morgan fingerprint density at radius 3 is 2.42 bits per heavy atom. The Bertz CT molecular complexity index is 1560. The number of fused-ring (bicyclic) bond motifs is 1. The van der Waals surface area contributed by atoms with E-state index < -0.39 is 61.7 Å². The molecular formula is C20H21F3N4O6S3. The molecule has 0 aliphatic carbocycles. The van der Waals surface area contributed by atoms with Gasteiger partial charge in [0.1, 0.15) is 5.01 Å². The molecule has 0 spiro atoms. The van der Waals surface area contributed by atoms with Crippen molar-refractivity contribution in [1.82, 2.24) is 14.9 Å². The summed E-state index contributed by atoms with van der Waals surface area (Å²) in [5.41, 5.74) is 1.20. The first-order valence-electron chi connectivity index (χ1n) is 10.2. The number of rotatable bonds is 9. The van der Waals surface area contributed by atoms with E-state index in [1.54, 1.807) is 31.4 Å². The van der Waals surface area contributed by atoms with Crippen LogP contribution < -0.4 is 16.0 Å². The number of aryl methyl sites for hydroxylation is 1. The van der Waals surface area contributed by atoms with Gasteiger partial charge in [-0.1, -0.05) is 6.07 Å². The maximum Gasteiger partial charge on any atom is 0.390 e. The number of primary sulfonamides is 1. The predicted octanol–water partition coefficient (Wildman–Crippen LogP) is 1.48. The Morgan fingerprint density at radius 2 is 1.81 bits per heavy atom. The second-order valence-electron chi connectivity index (χ2n) is 7.87. The number of nitrogens with zero attached hydrogens (tertiary/aromatic N) is 2. The lowest BCUT2D eigenvalue weighted by Gasteiger charge is -2.16. The first kappa shape index (κ1) is 27.8. The van der Waals surface area contributed by atoms with Gasteiger partial charge < -0.3 is 9.88 Å². The quantitative estimate of drug-likeness (QED) is 0.397. The Balaban J connectivity index is 2.00. The molecule has 1 atom stereocenters. The third-order valence-electron chi connectivity index (χ3n) is 5.02. The summed E-state index contributed by atoms with van der Waals surface area (Å²) in [6, 6.07) is 7.85. The third kappa shape index (κ3) is 7.11. The number of pyridine rings is 1. The van der Waals surface area contributed by atoms with Crippen LogP contribution in [0.15, 0.2) is 41.3 Å². The van der Waals surface area contributed by atoms with Crippen LogP contribution >= 0.6 is 11.3 Å². The van der Waals surface area contributed by atoms with Crippen molar-refractivity contribution in [2.24, 2.45) is 12.2 Å². The molecule has 0 aliphatic rings. The summed E-state index contributed by atoms with van der Waals surface area (Å²) in [7, 11) is -7.10. The molecule has 16 heteroatoms. The van der Waals surface area contributed by atoms with Crippen molar-refractivity contribution in [3.05, 3.63) is 51.9 Å². The van der Waals surface area contributed by atoms with Gasteiger partial charge in [-0.2, -0.15) is 13.2 Å². The van der Waals surface area contributed by atoms with Crippen LogP contribution in [0.1, 0.15) is 16.7 Å². The van der Waals surface area contributed by atoms with Gasteiger partial charge in [0, 0.05) is 25.9 Å². The van der Waals surface area contributed by atoms with Crippen LogP contribution in [0.4, 0.5) is 13.2 Å². The first-order valence-corrected chi connectivity index (χ1v) is 14.4. The van der Waals surface area contributed by atoms with E-state index in [4.69, 9.17) is 5.14 Å². The van der Waals surface area contributed by atoms with E-state index >= 15 is 0 Å². The molecule has 36 heavy (non-hydrogen) atoms. The number of sulfone groups is 1. The number of hydrogen-bond donors (Lipinski definition) is 2. The first-order chi connectivity index (χ1) is 16.6. The number of carbonyl (C=O) groups excluding carboxylic acids is 1. The van der Waals surface area contributed by atoms with Gasteiger partial charge in [0.15, 0.2) is 15.1 Å². The van der Waals surface area contributed by atoms with Crippen LogP contribution in [0.5, 0.6) is 0 Å². The van der Waals surface area contributed by atoms with Crippen molar-refractivity contribution in [2.75, 3.05) is 18.1 Å². The number of nitrogens with one attached hydrogen (secondary N) is 1. The van der Waals surface area contributed by atoms with E-state index in [1.807, 2.05) is 0 Å². The fourth-order valence-electron chi connectivity index (χ4n) is 3.18. The lowest BCUT2D eigenvalue weighted by Crippen LogP contribution is -2.38. The zero-order valence-electron chi connectivity index (χ0n) is 18.6. The molecule has 3 N–H and O–H groups in total. The molecule has 1 amide bonds. The van der Waals surface area contributed by atoms with Gasteiger partial charge in [0.25, 0.3) is 5.56 Å². The number of aromatic nitrogens is 2. The molecule has 0 fully saturated rings. The maximum atomic E-state index is 12.8. The zero-order valence-corrected chi connectivity index (χ0v) is 21.1. The minimum Gasteiger partial charge on any atom is -0.354 e. The standard InChI is InChI=1S/C20H21F3N4O6S3/c1-27-7-4-13(11-16(27)28)12-2-3-14-15(10-12)34-19(26-14)17(18(29)25-6-9-36(24,32)33)35(30,31)8-5-20(21,22)23/h2-4,7,10-11,17H,5-6,8-9H2,1H3,(H,25,29)(H2,24,32,33). The fourth-order valence-corrected chi connectivity index (χ4v) is 6.66. The summed E-state index contributed by atoms with van der Waals surface area (Å²) in [5, 5.41) is 4.60. The Labute approximate surface area is 207 Å². The molecule has 2 aromatic heterocycles. The molecule has 2 heterocycles. The highest BCUT2D eigenvalue weighted by molar-refractivity contribution is 7.92. The molecule has 3 rings (SSSR count). The molecule has 0 aliphatic heterocycles. The predicted molar refractivity (Wildman–Crippen MR) is 128 cm³/mol. The van der Waals surface area contributed by atoms with Gasteiger partial charge in [-0.25, -0.2) is 27.0 Å². The highest BCUT2D eigenvalue weighted by Crippen LogP contribution is 2.35. The number of halogens is 3. The Hall–Kier alpha value is -2.82. The van der Waals surface area contributed by atoms with Gasteiger partial charge in [0.05, 0.1) is 28.1 Å². The van der Waals surface area contributed by atoms with Crippen molar-refractivity contribution >= 4 is 47.3 Å². The number of sulfonamides is 1. The maximum absolute atomic E-state index is 12.8. The van der Waals surface area contributed by atoms with Crippen LogP contribution in [-0.2, 0) is 31.7 Å². The molecule has 1 aromatic carbocycles. The van der Waals surface area contributed by atoms with E-state index in [0.29, 0.717) is 15.8 Å². The molecule has 1 unspecified atom stereocenters. The summed E-state index contributed by atoms with van der Waals surface area (Å²) in [4.78, 5) is 28.9. The van der Waals surface area contributed by atoms with E-state index in [9.17, 15) is 39.6 Å². The molecule has 0 saturated carbocycles. The van der Waals surface area contributed by atoms with Crippen molar-refractivity contribution in [3.8, 4) is 11.1 Å². The minimum atomic E-state index is -4.78. The molecule has 196 valence electrons. The summed E-state index contributed by atoms with van der Waals surface area (Å²) >= 11 is 0.790. The van der Waals surface area contributed by atoms with Gasteiger partial charge in [-0.3, -0.25) is 9.59 Å². The van der Waals surface area contributed by atoms with Crippen molar-refractivity contribution < 1.29 is 34.8 Å². The smallest absolute Gasteiger partial charge is 0.354 e. The van der Waals surface area contributed by atoms with E-state index in [1.165, 1.54) is 16.7 Å². The van der Waals surface area contributed by atoms with Gasteiger partial charge in [-0.15, -0.1) is 11.3 Å². The minimum absolute atomic E-state index is 0.260. The van der Waals surface area contributed by atoms with Crippen molar-refractivity contribution in [1.29, 1.82) is 0 Å². The number of carbonyl (C=O) groups is 1. The number of thiazole rings is 1. The second kappa shape index (κ2) is 10.3. The average Bonchev–Trinajstić information content (AvgIpc) is 3.15. The number of nitrogens with two attached hydrogens (primary N) is 1. The third-order valence-corrected chi connectivity index (χ3v) is 8.95. The number of alkyl halides is 3. The van der Waals surface area contributed by atoms with Crippen LogP contribution in [0.3, 0.4) is 0 Å². The summed E-state index contributed by atoms with van der Waals surface area (Å²) in [5.74, 6) is -3.28. The number of hydrogen-bond acceptors (Lipinski definition) is 8. The molecule has 3 aromatic rings. The van der Waals surface area contributed by atoms with Gasteiger partial charge in [-0.05, 0) is 29.3 Å². The van der Waals surface area contributed by atoms with E-state index in [-0.39, 0.29) is 16.1 Å². The molecule has 10 nitrogen and oxygen atoms in total. The van der Waals surface area contributed by atoms with Crippen LogP contribution in [0.2, 0.25) is 0 Å². The molecular weight excluding hydrogens is 545 g/mol. The highest BCUT2D eigenvalue weighted by atomic mass is 32.2. The molecule has 0 bridgehead atoms. The lowest BCUT2D eigenvalue weighted by molar-refractivity contribution is -0.130. The molecule has 0 saturated heterocycles. The summed E-state index contributed by atoms with van der Waals surface area (Å²) in [6.45, 7) is -0.541. The van der Waals surface area contributed by atoms with Crippen molar-refractivity contribution in [3.63, 3.8) is 0 Å². The average molecular weight is 567 g/mol. The van der Waals surface area contributed by atoms with Crippen molar-refractivity contribution in [2.45, 2.75) is 17.8 Å². The van der Waals surface area contributed by atoms with Crippen LogP contribution in [-0.4, -0.2) is 56.5 Å². The van der Waals surface area contributed by atoms with Gasteiger partial charge >= 0.3 is 6.18 Å². The molecule has 0 radical (unpaired) electrons. The summed E-state index contributed by atoms with van der Waals surface area (Å²) in [6.07, 6.45) is -4.89. The number of amides is 1. The van der Waals surface area contributed by atoms with Crippen LogP contribution in [0.25, 0.3) is 21.3 Å². The zero-order chi connectivity index (χ0) is 26.9.